The Hall–Kier alpha value is -1.80. The van der Waals surface area contributed by atoms with E-state index in [0.29, 0.717) is 12.6 Å². The number of aryl methyl sites for hydroxylation is 2. The third kappa shape index (κ3) is 5.24. The van der Waals surface area contributed by atoms with Gasteiger partial charge in [0, 0.05) is 12.6 Å². The van der Waals surface area contributed by atoms with E-state index in [2.05, 4.69) is 63.3 Å². The molecule has 0 saturated heterocycles. The highest BCUT2D eigenvalue weighted by Gasteiger charge is 2.01. The van der Waals surface area contributed by atoms with Gasteiger partial charge in [-0.3, -0.25) is 0 Å². The maximum absolute atomic E-state index is 5.92. The predicted octanol–water partition coefficient (Wildman–Crippen LogP) is 4.38. The van der Waals surface area contributed by atoms with Gasteiger partial charge in [0.25, 0.3) is 0 Å². The summed E-state index contributed by atoms with van der Waals surface area (Å²) < 4.78 is 5.92. The summed E-state index contributed by atoms with van der Waals surface area (Å²) in [7, 11) is 0. The van der Waals surface area contributed by atoms with Crippen molar-refractivity contribution in [2.24, 2.45) is 0 Å². The largest absolute Gasteiger partial charge is 0.489 e. The zero-order valence-electron chi connectivity index (χ0n) is 13.4. The summed E-state index contributed by atoms with van der Waals surface area (Å²) in [4.78, 5) is 0. The van der Waals surface area contributed by atoms with Crippen molar-refractivity contribution >= 4 is 0 Å². The van der Waals surface area contributed by atoms with E-state index in [4.69, 9.17) is 4.74 Å². The highest BCUT2D eigenvalue weighted by atomic mass is 16.5. The van der Waals surface area contributed by atoms with E-state index < -0.39 is 0 Å². The molecule has 2 aromatic rings. The molecule has 1 N–H and O–H groups in total. The van der Waals surface area contributed by atoms with Gasteiger partial charge in [0.05, 0.1) is 0 Å². The zero-order chi connectivity index (χ0) is 15.2. The van der Waals surface area contributed by atoms with Crippen LogP contribution in [0.4, 0.5) is 0 Å². The molecule has 0 amide bonds. The summed E-state index contributed by atoms with van der Waals surface area (Å²) in [5, 5.41) is 3.42. The molecule has 2 nitrogen and oxygen atoms in total. The van der Waals surface area contributed by atoms with Crippen molar-refractivity contribution < 1.29 is 4.74 Å². The molecule has 0 aliphatic heterocycles. The quantitative estimate of drug-likeness (QED) is 0.849. The summed E-state index contributed by atoms with van der Waals surface area (Å²) in [6.07, 6.45) is 0. The number of ether oxygens (including phenoxy) is 1. The second-order valence-corrected chi connectivity index (χ2v) is 5.97. The standard InChI is InChI=1S/C19H25NO/c1-14(2)20-12-17-6-5-7-19(11-17)21-13-18-9-15(3)8-16(4)10-18/h5-11,14,20H,12-13H2,1-4H3. The third-order valence-corrected chi connectivity index (χ3v) is 3.30. The Labute approximate surface area is 128 Å². The molecule has 0 aliphatic rings. The first-order valence-electron chi connectivity index (χ1n) is 7.55. The number of benzene rings is 2. The Kier molecular flexibility index (Phi) is 5.40. The van der Waals surface area contributed by atoms with Crippen LogP contribution in [0, 0.1) is 13.8 Å². The van der Waals surface area contributed by atoms with E-state index in [1.54, 1.807) is 0 Å². The van der Waals surface area contributed by atoms with Crippen LogP contribution in [0.1, 0.15) is 36.1 Å². The third-order valence-electron chi connectivity index (χ3n) is 3.30. The van der Waals surface area contributed by atoms with Crippen LogP contribution in [-0.2, 0) is 13.2 Å². The molecule has 0 fully saturated rings. The summed E-state index contributed by atoms with van der Waals surface area (Å²) in [6.45, 7) is 10.0. The molecular weight excluding hydrogens is 258 g/mol. The van der Waals surface area contributed by atoms with E-state index >= 15 is 0 Å². The molecule has 2 aromatic carbocycles. The molecule has 0 bridgehead atoms. The summed E-state index contributed by atoms with van der Waals surface area (Å²) >= 11 is 0. The van der Waals surface area contributed by atoms with Gasteiger partial charge in [-0.05, 0) is 37.1 Å². The van der Waals surface area contributed by atoms with Crippen molar-refractivity contribution in [3.8, 4) is 5.75 Å². The average molecular weight is 283 g/mol. The van der Waals surface area contributed by atoms with Gasteiger partial charge in [-0.2, -0.15) is 0 Å². The molecule has 0 aromatic heterocycles. The van der Waals surface area contributed by atoms with Crippen LogP contribution in [0.5, 0.6) is 5.75 Å². The van der Waals surface area contributed by atoms with E-state index in [-0.39, 0.29) is 0 Å². The fourth-order valence-corrected chi connectivity index (χ4v) is 2.39. The number of rotatable bonds is 6. The minimum atomic E-state index is 0.491. The summed E-state index contributed by atoms with van der Waals surface area (Å²) in [6, 6.07) is 15.3. The number of hydrogen-bond acceptors (Lipinski definition) is 2. The van der Waals surface area contributed by atoms with Crippen molar-refractivity contribution in [3.05, 3.63) is 64.7 Å². The second kappa shape index (κ2) is 7.28. The number of nitrogens with one attached hydrogen (secondary N) is 1. The van der Waals surface area contributed by atoms with Crippen molar-refractivity contribution in [1.29, 1.82) is 0 Å². The first-order valence-corrected chi connectivity index (χ1v) is 7.55. The molecule has 0 aliphatic carbocycles. The monoisotopic (exact) mass is 283 g/mol. The van der Waals surface area contributed by atoms with Crippen molar-refractivity contribution in [3.63, 3.8) is 0 Å². The Balaban J connectivity index is 1.98. The lowest BCUT2D eigenvalue weighted by Gasteiger charge is -2.11. The van der Waals surface area contributed by atoms with Gasteiger partial charge in [-0.1, -0.05) is 55.3 Å². The topological polar surface area (TPSA) is 21.3 Å². The molecular formula is C19H25NO. The molecule has 0 radical (unpaired) electrons. The fraction of sp³-hybridized carbons (Fsp3) is 0.368. The van der Waals surface area contributed by atoms with Crippen LogP contribution >= 0.6 is 0 Å². The number of hydrogen-bond donors (Lipinski definition) is 1. The second-order valence-electron chi connectivity index (χ2n) is 5.97. The van der Waals surface area contributed by atoms with Crippen LogP contribution in [0.2, 0.25) is 0 Å². The van der Waals surface area contributed by atoms with Crippen LogP contribution in [0.15, 0.2) is 42.5 Å². The van der Waals surface area contributed by atoms with Gasteiger partial charge in [-0.15, -0.1) is 0 Å². The van der Waals surface area contributed by atoms with E-state index in [0.717, 1.165) is 12.3 Å². The van der Waals surface area contributed by atoms with Crippen molar-refractivity contribution in [2.75, 3.05) is 0 Å². The lowest BCUT2D eigenvalue weighted by molar-refractivity contribution is 0.305. The normalized spacial score (nSPS) is 10.9. The lowest BCUT2D eigenvalue weighted by atomic mass is 10.1. The Morgan fingerprint density at radius 3 is 2.33 bits per heavy atom. The summed E-state index contributed by atoms with van der Waals surface area (Å²) in [5.41, 5.74) is 5.03. The first kappa shape index (κ1) is 15.6. The molecule has 0 unspecified atom stereocenters. The zero-order valence-corrected chi connectivity index (χ0v) is 13.4. The molecule has 0 saturated carbocycles. The van der Waals surface area contributed by atoms with E-state index in [1.807, 2.05) is 12.1 Å². The highest BCUT2D eigenvalue weighted by Crippen LogP contribution is 2.16. The molecule has 21 heavy (non-hydrogen) atoms. The average Bonchev–Trinajstić information content (AvgIpc) is 2.42. The Morgan fingerprint density at radius 2 is 1.67 bits per heavy atom. The van der Waals surface area contributed by atoms with Crippen LogP contribution < -0.4 is 10.1 Å². The van der Waals surface area contributed by atoms with Crippen LogP contribution in [0.25, 0.3) is 0 Å². The summed E-state index contributed by atoms with van der Waals surface area (Å²) in [5.74, 6) is 0.928. The van der Waals surface area contributed by atoms with E-state index in [1.165, 1.54) is 22.3 Å². The minimum absolute atomic E-state index is 0.491. The molecule has 0 spiro atoms. The van der Waals surface area contributed by atoms with E-state index in [9.17, 15) is 0 Å². The Morgan fingerprint density at radius 1 is 0.952 bits per heavy atom. The van der Waals surface area contributed by atoms with Gasteiger partial charge in [0.1, 0.15) is 12.4 Å². The highest BCUT2D eigenvalue weighted by molar-refractivity contribution is 5.31. The van der Waals surface area contributed by atoms with Crippen molar-refractivity contribution in [1.82, 2.24) is 5.32 Å². The molecule has 0 heterocycles. The SMILES string of the molecule is Cc1cc(C)cc(COc2cccc(CNC(C)C)c2)c1. The van der Waals surface area contributed by atoms with Gasteiger partial charge < -0.3 is 10.1 Å². The molecule has 0 atom stereocenters. The first-order chi connectivity index (χ1) is 10.0. The fourth-order valence-electron chi connectivity index (χ4n) is 2.39. The lowest BCUT2D eigenvalue weighted by Crippen LogP contribution is -2.21. The molecule has 112 valence electrons. The maximum Gasteiger partial charge on any atom is 0.120 e. The van der Waals surface area contributed by atoms with Gasteiger partial charge in [0.15, 0.2) is 0 Å². The van der Waals surface area contributed by atoms with Crippen LogP contribution in [0.3, 0.4) is 0 Å². The van der Waals surface area contributed by atoms with Gasteiger partial charge >= 0.3 is 0 Å². The molecule has 2 rings (SSSR count). The van der Waals surface area contributed by atoms with Gasteiger partial charge in [-0.25, -0.2) is 0 Å². The van der Waals surface area contributed by atoms with Gasteiger partial charge in [0.2, 0.25) is 0 Å². The maximum atomic E-state index is 5.92. The Bertz CT molecular complexity index is 570. The molecule has 2 heteroatoms. The minimum Gasteiger partial charge on any atom is -0.489 e. The van der Waals surface area contributed by atoms with Crippen LogP contribution in [-0.4, -0.2) is 6.04 Å². The predicted molar refractivity (Wildman–Crippen MR) is 88.7 cm³/mol. The van der Waals surface area contributed by atoms with Crippen molar-refractivity contribution in [2.45, 2.75) is 46.9 Å². The smallest absolute Gasteiger partial charge is 0.120 e.